The molecule has 0 fully saturated rings. The molecule has 3 rings (SSSR count). The smallest absolute Gasteiger partial charge is 0.219 e. The Balaban J connectivity index is 2.06. The third kappa shape index (κ3) is 2.82. The van der Waals surface area contributed by atoms with Gasteiger partial charge in [-0.1, -0.05) is 11.6 Å². The first kappa shape index (κ1) is 13.8. The highest BCUT2D eigenvalue weighted by Crippen LogP contribution is 2.32. The topological polar surface area (TPSA) is 55.2 Å². The Morgan fingerprint density at radius 2 is 2.10 bits per heavy atom. The molecule has 0 radical (unpaired) electrons. The highest BCUT2D eigenvalue weighted by molar-refractivity contribution is 6.35. The second kappa shape index (κ2) is 5.68. The molecular weight excluding hydrogens is 288 g/mol. The number of hydrogen-bond acceptors (Lipinski definition) is 4. The average molecular weight is 301 g/mol. The van der Waals surface area contributed by atoms with E-state index in [4.69, 9.17) is 16.3 Å². The molecule has 1 aromatic carbocycles. The molecule has 0 spiro atoms. The number of aryl methyl sites for hydroxylation is 1. The number of hydrogen-bond donors (Lipinski definition) is 1. The van der Waals surface area contributed by atoms with Crippen molar-refractivity contribution in [1.29, 1.82) is 0 Å². The first-order chi connectivity index (χ1) is 10.2. The van der Waals surface area contributed by atoms with E-state index in [1.807, 2.05) is 25.1 Å². The Morgan fingerprint density at radius 1 is 1.24 bits per heavy atom. The molecule has 0 amide bonds. The summed E-state index contributed by atoms with van der Waals surface area (Å²) in [5, 5.41) is 10.7. The zero-order valence-corrected chi connectivity index (χ0v) is 12.1. The molecule has 0 aliphatic heterocycles. The number of benzene rings is 1. The van der Waals surface area contributed by atoms with Crippen LogP contribution in [0.4, 0.5) is 0 Å². The molecule has 2 heterocycles. The fraction of sp³-hybridized carbons (Fsp3) is 0.125. The van der Waals surface area contributed by atoms with E-state index >= 15 is 0 Å². The molecule has 0 aliphatic rings. The standard InChI is InChI=1S/C16H13ClN2O2/c1-10-7-11(9-20)8-15(19-10)21-14-5-4-13(17)12-3-2-6-18-16(12)14/h2-8,20H,9H2,1H3. The van der Waals surface area contributed by atoms with Gasteiger partial charge in [0, 0.05) is 23.3 Å². The number of pyridine rings is 2. The number of aliphatic hydroxyl groups excluding tert-OH is 1. The molecule has 0 bridgehead atoms. The van der Waals surface area contributed by atoms with Crippen molar-refractivity contribution < 1.29 is 9.84 Å². The van der Waals surface area contributed by atoms with Crippen LogP contribution in [0.2, 0.25) is 5.02 Å². The summed E-state index contributed by atoms with van der Waals surface area (Å²) in [5.74, 6) is 1.00. The molecule has 0 unspecified atom stereocenters. The van der Waals surface area contributed by atoms with E-state index < -0.39 is 0 Å². The molecule has 5 heteroatoms. The number of nitrogens with zero attached hydrogens (tertiary/aromatic N) is 2. The lowest BCUT2D eigenvalue weighted by Gasteiger charge is -2.10. The number of ether oxygens (including phenoxy) is 1. The van der Waals surface area contributed by atoms with Gasteiger partial charge < -0.3 is 9.84 Å². The van der Waals surface area contributed by atoms with E-state index in [9.17, 15) is 5.11 Å². The zero-order chi connectivity index (χ0) is 14.8. The quantitative estimate of drug-likeness (QED) is 0.797. The van der Waals surface area contributed by atoms with Gasteiger partial charge in [0.15, 0.2) is 5.75 Å². The Kier molecular flexibility index (Phi) is 3.73. The third-order valence-corrected chi connectivity index (χ3v) is 3.40. The Labute approximate surface area is 127 Å². The molecule has 4 nitrogen and oxygen atoms in total. The first-order valence-electron chi connectivity index (χ1n) is 6.47. The third-order valence-electron chi connectivity index (χ3n) is 3.07. The Hall–Kier alpha value is -2.17. The summed E-state index contributed by atoms with van der Waals surface area (Å²) in [6.45, 7) is 1.80. The normalized spacial score (nSPS) is 10.8. The molecule has 0 saturated heterocycles. The van der Waals surface area contributed by atoms with Gasteiger partial charge in [-0.2, -0.15) is 0 Å². The fourth-order valence-corrected chi connectivity index (χ4v) is 2.37. The van der Waals surface area contributed by atoms with Crippen LogP contribution in [-0.2, 0) is 6.61 Å². The predicted octanol–water partition coefficient (Wildman–Crippen LogP) is 3.88. The van der Waals surface area contributed by atoms with Gasteiger partial charge in [-0.15, -0.1) is 0 Å². The maximum absolute atomic E-state index is 9.25. The van der Waals surface area contributed by atoms with Gasteiger partial charge in [-0.25, -0.2) is 4.98 Å². The van der Waals surface area contributed by atoms with Gasteiger partial charge in [0.05, 0.1) is 11.6 Å². The fourth-order valence-electron chi connectivity index (χ4n) is 2.16. The molecule has 1 N–H and O–H groups in total. The minimum atomic E-state index is -0.0562. The van der Waals surface area contributed by atoms with Crippen molar-refractivity contribution >= 4 is 22.5 Å². The van der Waals surface area contributed by atoms with E-state index in [-0.39, 0.29) is 6.61 Å². The van der Waals surface area contributed by atoms with E-state index in [2.05, 4.69) is 9.97 Å². The van der Waals surface area contributed by atoms with Crippen molar-refractivity contribution in [3.63, 3.8) is 0 Å². The van der Waals surface area contributed by atoms with Gasteiger partial charge >= 0.3 is 0 Å². The zero-order valence-electron chi connectivity index (χ0n) is 11.4. The molecular formula is C16H13ClN2O2. The molecule has 0 saturated carbocycles. The largest absolute Gasteiger partial charge is 0.437 e. The minimum Gasteiger partial charge on any atom is -0.437 e. The van der Waals surface area contributed by atoms with E-state index in [1.54, 1.807) is 24.4 Å². The van der Waals surface area contributed by atoms with Crippen LogP contribution >= 0.6 is 11.6 Å². The van der Waals surface area contributed by atoms with Crippen molar-refractivity contribution in [1.82, 2.24) is 9.97 Å². The minimum absolute atomic E-state index is 0.0562. The van der Waals surface area contributed by atoms with Crippen LogP contribution in [0.3, 0.4) is 0 Å². The van der Waals surface area contributed by atoms with Gasteiger partial charge in [-0.05, 0) is 42.8 Å². The summed E-state index contributed by atoms with van der Waals surface area (Å²) in [6.07, 6.45) is 1.69. The molecule has 0 aliphatic carbocycles. The summed E-state index contributed by atoms with van der Waals surface area (Å²) in [7, 11) is 0. The molecule has 2 aromatic heterocycles. The highest BCUT2D eigenvalue weighted by atomic mass is 35.5. The molecule has 3 aromatic rings. The number of fused-ring (bicyclic) bond motifs is 1. The van der Waals surface area contributed by atoms with Gasteiger partial charge in [0.25, 0.3) is 0 Å². The predicted molar refractivity (Wildman–Crippen MR) is 81.7 cm³/mol. The van der Waals surface area contributed by atoms with Gasteiger partial charge in [0.2, 0.25) is 5.88 Å². The second-order valence-electron chi connectivity index (χ2n) is 4.66. The maximum Gasteiger partial charge on any atom is 0.219 e. The lowest BCUT2D eigenvalue weighted by molar-refractivity contribution is 0.281. The Bertz CT molecular complexity index is 805. The number of rotatable bonds is 3. The second-order valence-corrected chi connectivity index (χ2v) is 5.07. The SMILES string of the molecule is Cc1cc(CO)cc(Oc2ccc(Cl)c3cccnc23)n1. The highest BCUT2D eigenvalue weighted by Gasteiger charge is 2.09. The van der Waals surface area contributed by atoms with E-state index in [0.717, 1.165) is 16.6 Å². The van der Waals surface area contributed by atoms with Crippen LogP contribution in [0.25, 0.3) is 10.9 Å². The summed E-state index contributed by atoms with van der Waals surface area (Å²) < 4.78 is 5.83. The van der Waals surface area contributed by atoms with Crippen LogP contribution in [0.1, 0.15) is 11.3 Å². The average Bonchev–Trinajstić information content (AvgIpc) is 2.50. The van der Waals surface area contributed by atoms with Crippen LogP contribution < -0.4 is 4.74 Å². The van der Waals surface area contributed by atoms with Gasteiger partial charge in [-0.3, -0.25) is 4.98 Å². The summed E-state index contributed by atoms with van der Waals surface area (Å²) in [6, 6.07) is 10.8. The monoisotopic (exact) mass is 300 g/mol. The van der Waals surface area contributed by atoms with Crippen LogP contribution in [0.5, 0.6) is 11.6 Å². The number of aliphatic hydroxyl groups is 1. The molecule has 0 atom stereocenters. The van der Waals surface area contributed by atoms with Crippen LogP contribution in [0, 0.1) is 6.92 Å². The van der Waals surface area contributed by atoms with Crippen molar-refractivity contribution in [2.24, 2.45) is 0 Å². The molecule has 21 heavy (non-hydrogen) atoms. The summed E-state index contributed by atoms with van der Waals surface area (Å²) >= 11 is 6.16. The van der Waals surface area contributed by atoms with Crippen LogP contribution in [-0.4, -0.2) is 15.1 Å². The maximum atomic E-state index is 9.25. The van der Waals surface area contributed by atoms with E-state index in [1.165, 1.54) is 0 Å². The van der Waals surface area contributed by atoms with Gasteiger partial charge in [0.1, 0.15) is 5.52 Å². The van der Waals surface area contributed by atoms with Crippen LogP contribution in [0.15, 0.2) is 42.6 Å². The van der Waals surface area contributed by atoms with Crippen molar-refractivity contribution in [3.8, 4) is 11.6 Å². The number of halogens is 1. The summed E-state index contributed by atoms with van der Waals surface area (Å²) in [5.41, 5.74) is 2.21. The van der Waals surface area contributed by atoms with Crippen molar-refractivity contribution in [3.05, 3.63) is 58.9 Å². The Morgan fingerprint density at radius 3 is 2.90 bits per heavy atom. The first-order valence-corrected chi connectivity index (χ1v) is 6.84. The lowest BCUT2D eigenvalue weighted by Crippen LogP contribution is -1.95. The van der Waals surface area contributed by atoms with Crippen molar-refractivity contribution in [2.75, 3.05) is 0 Å². The van der Waals surface area contributed by atoms with Crippen molar-refractivity contribution in [2.45, 2.75) is 13.5 Å². The molecule has 106 valence electrons. The van der Waals surface area contributed by atoms with E-state index in [0.29, 0.717) is 22.2 Å². The lowest BCUT2D eigenvalue weighted by atomic mass is 10.2. The number of aromatic nitrogens is 2. The summed E-state index contributed by atoms with van der Waals surface area (Å²) in [4.78, 5) is 8.63.